The Hall–Kier alpha value is -0.320. The summed E-state index contributed by atoms with van der Waals surface area (Å²) in [4.78, 5) is 0. The molecule has 0 heterocycles. The van der Waals surface area contributed by atoms with E-state index in [0.717, 1.165) is 32.9 Å². The second-order valence-corrected chi connectivity index (χ2v) is 7.44. The van der Waals surface area contributed by atoms with E-state index >= 15 is 0 Å². The summed E-state index contributed by atoms with van der Waals surface area (Å²) in [5.74, 6) is 1.45. The van der Waals surface area contributed by atoms with Gasteiger partial charge in [-0.15, -0.1) is 0 Å². The molecule has 0 amide bonds. The molecule has 21 heavy (non-hydrogen) atoms. The topological polar surface area (TPSA) is 9.23 Å². The maximum absolute atomic E-state index is 5.28. The van der Waals surface area contributed by atoms with Crippen molar-refractivity contribution in [3.8, 4) is 5.75 Å². The largest absolute Gasteiger partial charge is 0.496 e. The monoisotopic (exact) mass is 474 g/mol. The third-order valence-electron chi connectivity index (χ3n) is 3.40. The van der Waals surface area contributed by atoms with Gasteiger partial charge in [-0.1, -0.05) is 50.1 Å². The van der Waals surface area contributed by atoms with Gasteiger partial charge in [-0.2, -0.15) is 0 Å². The Morgan fingerprint density at radius 1 is 0.952 bits per heavy atom. The number of alkyl halides is 1. The van der Waals surface area contributed by atoms with E-state index in [9.17, 15) is 0 Å². The van der Waals surface area contributed by atoms with Gasteiger partial charge in [-0.25, -0.2) is 0 Å². The van der Waals surface area contributed by atoms with E-state index in [1.54, 1.807) is 7.11 Å². The molecule has 0 radical (unpaired) electrons. The molecular formula is C17H17Br3O. The lowest BCUT2D eigenvalue weighted by Gasteiger charge is -2.15. The molecule has 1 unspecified atom stereocenters. The van der Waals surface area contributed by atoms with E-state index < -0.39 is 0 Å². The molecule has 112 valence electrons. The van der Waals surface area contributed by atoms with Crippen LogP contribution in [0.5, 0.6) is 5.75 Å². The average Bonchev–Trinajstić information content (AvgIpc) is 2.49. The summed E-state index contributed by atoms with van der Waals surface area (Å²) in [6.45, 7) is 0. The second-order valence-electron chi connectivity index (χ2n) is 5.02. The standard InChI is InChI=1S/C17H17Br3O/c1-21-17-7-4-13(10-16(17)20)9-14(11-18)8-12-2-5-15(19)6-3-12/h2-7,10,14H,8-9,11H2,1H3. The molecular weight excluding hydrogens is 460 g/mol. The van der Waals surface area contributed by atoms with Gasteiger partial charge in [0.1, 0.15) is 5.75 Å². The normalized spacial score (nSPS) is 12.2. The lowest BCUT2D eigenvalue weighted by atomic mass is 9.94. The van der Waals surface area contributed by atoms with E-state index in [4.69, 9.17) is 4.74 Å². The maximum Gasteiger partial charge on any atom is 0.133 e. The molecule has 0 bridgehead atoms. The van der Waals surface area contributed by atoms with Crippen molar-refractivity contribution in [3.05, 3.63) is 62.5 Å². The minimum atomic E-state index is 0.575. The summed E-state index contributed by atoms with van der Waals surface area (Å²) in [7, 11) is 1.69. The van der Waals surface area contributed by atoms with Crippen LogP contribution in [0.15, 0.2) is 51.4 Å². The third-order valence-corrected chi connectivity index (χ3v) is 5.46. The molecule has 0 saturated carbocycles. The summed E-state index contributed by atoms with van der Waals surface area (Å²) < 4.78 is 7.42. The first-order chi connectivity index (χ1) is 10.1. The summed E-state index contributed by atoms with van der Waals surface area (Å²) >= 11 is 10.7. The highest BCUT2D eigenvalue weighted by Crippen LogP contribution is 2.27. The van der Waals surface area contributed by atoms with Crippen molar-refractivity contribution in [3.63, 3.8) is 0 Å². The molecule has 2 aromatic rings. The van der Waals surface area contributed by atoms with Crippen LogP contribution in [-0.4, -0.2) is 12.4 Å². The van der Waals surface area contributed by atoms with Crippen LogP contribution in [0.3, 0.4) is 0 Å². The Bertz CT molecular complexity index is 581. The zero-order valence-corrected chi connectivity index (χ0v) is 16.5. The van der Waals surface area contributed by atoms with Crippen molar-refractivity contribution in [1.82, 2.24) is 0 Å². The molecule has 0 fully saturated rings. The van der Waals surface area contributed by atoms with Gasteiger partial charge in [0.25, 0.3) is 0 Å². The highest BCUT2D eigenvalue weighted by Gasteiger charge is 2.11. The molecule has 0 aliphatic rings. The Labute approximate surface area is 151 Å². The fraction of sp³-hybridized carbons (Fsp3) is 0.294. The van der Waals surface area contributed by atoms with E-state index in [-0.39, 0.29) is 0 Å². The van der Waals surface area contributed by atoms with Crippen molar-refractivity contribution < 1.29 is 4.74 Å². The van der Waals surface area contributed by atoms with E-state index in [1.807, 2.05) is 6.07 Å². The van der Waals surface area contributed by atoms with Crippen LogP contribution in [0, 0.1) is 5.92 Å². The molecule has 2 aromatic carbocycles. The molecule has 0 N–H and O–H groups in total. The SMILES string of the molecule is COc1ccc(CC(CBr)Cc2ccc(Br)cc2)cc1Br. The molecule has 0 aliphatic heterocycles. The van der Waals surface area contributed by atoms with E-state index in [0.29, 0.717) is 5.92 Å². The lowest BCUT2D eigenvalue weighted by molar-refractivity contribution is 0.412. The van der Waals surface area contributed by atoms with Crippen molar-refractivity contribution in [2.45, 2.75) is 12.8 Å². The van der Waals surface area contributed by atoms with E-state index in [1.165, 1.54) is 11.1 Å². The third kappa shape index (κ3) is 5.11. The maximum atomic E-state index is 5.28. The number of benzene rings is 2. The van der Waals surface area contributed by atoms with Crippen LogP contribution in [0.1, 0.15) is 11.1 Å². The fourth-order valence-electron chi connectivity index (χ4n) is 2.31. The van der Waals surface area contributed by atoms with Crippen LogP contribution in [0.4, 0.5) is 0 Å². The number of hydrogen-bond donors (Lipinski definition) is 0. The van der Waals surface area contributed by atoms with Crippen molar-refractivity contribution in [1.29, 1.82) is 0 Å². The molecule has 4 heteroatoms. The molecule has 0 aliphatic carbocycles. The average molecular weight is 477 g/mol. The van der Waals surface area contributed by atoms with Crippen LogP contribution >= 0.6 is 47.8 Å². The van der Waals surface area contributed by atoms with Gasteiger partial charge in [0.05, 0.1) is 11.6 Å². The predicted octanol–water partition coefficient (Wildman–Crippen LogP) is 6.02. The smallest absolute Gasteiger partial charge is 0.133 e. The number of halogens is 3. The van der Waals surface area contributed by atoms with Gasteiger partial charge in [-0.05, 0) is 70.1 Å². The van der Waals surface area contributed by atoms with Gasteiger partial charge in [0, 0.05) is 9.80 Å². The Kier molecular flexibility index (Phi) is 6.77. The second kappa shape index (κ2) is 8.35. The number of rotatable bonds is 6. The Morgan fingerprint density at radius 3 is 2.14 bits per heavy atom. The first-order valence-corrected chi connectivity index (χ1v) is 9.46. The van der Waals surface area contributed by atoms with Crippen LogP contribution in [-0.2, 0) is 12.8 Å². The van der Waals surface area contributed by atoms with Gasteiger partial charge >= 0.3 is 0 Å². The van der Waals surface area contributed by atoms with Crippen molar-refractivity contribution >= 4 is 47.8 Å². The fourth-order valence-corrected chi connectivity index (χ4v) is 3.62. The molecule has 1 atom stereocenters. The minimum Gasteiger partial charge on any atom is -0.496 e. The highest BCUT2D eigenvalue weighted by molar-refractivity contribution is 9.11. The summed E-state index contributed by atoms with van der Waals surface area (Å²) in [5, 5.41) is 0.993. The summed E-state index contributed by atoms with van der Waals surface area (Å²) in [6, 6.07) is 14.9. The summed E-state index contributed by atoms with van der Waals surface area (Å²) in [5.41, 5.74) is 2.69. The van der Waals surface area contributed by atoms with Gasteiger partial charge in [0.15, 0.2) is 0 Å². The van der Waals surface area contributed by atoms with Crippen molar-refractivity contribution in [2.75, 3.05) is 12.4 Å². The quantitative estimate of drug-likeness (QED) is 0.463. The first-order valence-electron chi connectivity index (χ1n) is 6.75. The molecule has 0 spiro atoms. The van der Waals surface area contributed by atoms with Gasteiger partial charge in [0.2, 0.25) is 0 Å². The zero-order valence-electron chi connectivity index (χ0n) is 11.8. The van der Waals surface area contributed by atoms with E-state index in [2.05, 4.69) is 84.2 Å². The van der Waals surface area contributed by atoms with Crippen LogP contribution in [0.2, 0.25) is 0 Å². The van der Waals surface area contributed by atoms with Crippen molar-refractivity contribution in [2.24, 2.45) is 5.92 Å². The Morgan fingerprint density at radius 2 is 1.57 bits per heavy atom. The number of ether oxygens (including phenoxy) is 1. The molecule has 0 saturated heterocycles. The predicted molar refractivity (Wildman–Crippen MR) is 99.5 cm³/mol. The lowest BCUT2D eigenvalue weighted by Crippen LogP contribution is -2.10. The van der Waals surface area contributed by atoms with Gasteiger partial charge in [-0.3, -0.25) is 0 Å². The highest BCUT2D eigenvalue weighted by atomic mass is 79.9. The zero-order chi connectivity index (χ0) is 15.2. The molecule has 0 aromatic heterocycles. The number of hydrogen-bond acceptors (Lipinski definition) is 1. The molecule has 1 nitrogen and oxygen atoms in total. The van der Waals surface area contributed by atoms with Crippen LogP contribution < -0.4 is 4.74 Å². The van der Waals surface area contributed by atoms with Gasteiger partial charge < -0.3 is 4.74 Å². The number of methoxy groups -OCH3 is 1. The summed E-state index contributed by atoms with van der Waals surface area (Å²) in [6.07, 6.45) is 2.12. The first kappa shape index (κ1) is 17.0. The molecule has 2 rings (SSSR count). The Balaban J connectivity index is 2.05. The minimum absolute atomic E-state index is 0.575. The van der Waals surface area contributed by atoms with Crippen LogP contribution in [0.25, 0.3) is 0 Å².